The Bertz CT molecular complexity index is 500. The van der Waals surface area contributed by atoms with E-state index in [1.165, 1.54) is 0 Å². The number of halogens is 2. The van der Waals surface area contributed by atoms with E-state index in [2.05, 4.69) is 15.9 Å². The molecule has 0 bridgehead atoms. The number of ether oxygens (including phenoxy) is 1. The predicted octanol–water partition coefficient (Wildman–Crippen LogP) is 3.39. The third-order valence-corrected chi connectivity index (χ3v) is 5.75. The van der Waals surface area contributed by atoms with Crippen molar-refractivity contribution >= 4 is 37.4 Å². The number of hydrogen-bond donors (Lipinski definition) is 0. The first-order valence-electron chi connectivity index (χ1n) is 5.55. The quantitative estimate of drug-likeness (QED) is 0.735. The molecule has 0 aliphatic heterocycles. The highest BCUT2D eigenvalue weighted by atomic mass is 79.9. The van der Waals surface area contributed by atoms with Crippen LogP contribution in [0.3, 0.4) is 0 Å². The Kier molecular flexibility index (Phi) is 5.95. The lowest BCUT2D eigenvalue weighted by Crippen LogP contribution is -2.22. The summed E-state index contributed by atoms with van der Waals surface area (Å²) < 4.78 is 29.5. The van der Waals surface area contributed by atoms with Crippen molar-refractivity contribution in [3.8, 4) is 5.75 Å². The fourth-order valence-corrected chi connectivity index (χ4v) is 2.81. The number of benzene rings is 1. The molecule has 0 radical (unpaired) electrons. The number of hydrogen-bond acceptors (Lipinski definition) is 3. The maximum Gasteiger partial charge on any atom is 0.155 e. The van der Waals surface area contributed by atoms with Crippen LogP contribution in [-0.2, 0) is 15.7 Å². The maximum absolute atomic E-state index is 11.6. The summed E-state index contributed by atoms with van der Waals surface area (Å²) in [6.07, 6.45) is 0. The highest BCUT2D eigenvalue weighted by molar-refractivity contribution is 9.10. The van der Waals surface area contributed by atoms with Gasteiger partial charge >= 0.3 is 0 Å². The Morgan fingerprint density at radius 3 is 2.61 bits per heavy atom. The number of alkyl halides is 1. The van der Waals surface area contributed by atoms with E-state index in [1.54, 1.807) is 26.0 Å². The first kappa shape index (κ1) is 15.8. The first-order valence-corrected chi connectivity index (χ1v) is 8.60. The van der Waals surface area contributed by atoms with E-state index < -0.39 is 9.84 Å². The molecule has 6 heteroatoms. The van der Waals surface area contributed by atoms with Gasteiger partial charge in [0.1, 0.15) is 12.4 Å². The van der Waals surface area contributed by atoms with Crippen LogP contribution in [0, 0.1) is 0 Å². The van der Waals surface area contributed by atoms with E-state index in [0.29, 0.717) is 11.6 Å². The SMILES string of the molecule is CC(C)S(=O)(=O)CCOc1ccc(Br)c(CCl)c1. The van der Waals surface area contributed by atoms with Gasteiger partial charge in [-0.25, -0.2) is 8.42 Å². The van der Waals surface area contributed by atoms with Gasteiger partial charge in [-0.15, -0.1) is 11.6 Å². The number of rotatable bonds is 6. The molecule has 1 rings (SSSR count). The van der Waals surface area contributed by atoms with Crippen LogP contribution in [0.2, 0.25) is 0 Å². The second-order valence-electron chi connectivity index (χ2n) is 4.15. The molecule has 102 valence electrons. The van der Waals surface area contributed by atoms with E-state index in [9.17, 15) is 8.42 Å². The highest BCUT2D eigenvalue weighted by Gasteiger charge is 2.15. The third-order valence-electron chi connectivity index (χ3n) is 2.52. The van der Waals surface area contributed by atoms with E-state index in [1.807, 2.05) is 6.07 Å². The van der Waals surface area contributed by atoms with E-state index in [0.717, 1.165) is 10.0 Å². The molecule has 0 fully saturated rings. The smallest absolute Gasteiger partial charge is 0.155 e. The Labute approximate surface area is 122 Å². The molecule has 0 atom stereocenters. The standard InChI is InChI=1S/C12H16BrClO3S/c1-9(2)18(15,16)6-5-17-11-3-4-12(13)10(7-11)8-14/h3-4,7,9H,5-6,8H2,1-2H3. The Morgan fingerprint density at radius 1 is 1.39 bits per heavy atom. The van der Waals surface area contributed by atoms with Gasteiger partial charge in [-0.05, 0) is 37.6 Å². The molecular weight excluding hydrogens is 340 g/mol. The van der Waals surface area contributed by atoms with Crippen molar-refractivity contribution in [1.82, 2.24) is 0 Å². The van der Waals surface area contributed by atoms with E-state index in [-0.39, 0.29) is 17.6 Å². The highest BCUT2D eigenvalue weighted by Crippen LogP contribution is 2.24. The molecule has 0 amide bonds. The molecule has 0 saturated heterocycles. The zero-order valence-corrected chi connectivity index (χ0v) is 13.5. The summed E-state index contributed by atoms with van der Waals surface area (Å²) in [7, 11) is -3.05. The molecule has 18 heavy (non-hydrogen) atoms. The third kappa shape index (κ3) is 4.44. The Balaban J connectivity index is 2.60. The molecule has 0 aliphatic carbocycles. The van der Waals surface area contributed by atoms with Gasteiger partial charge in [0.2, 0.25) is 0 Å². The molecule has 0 heterocycles. The van der Waals surface area contributed by atoms with Crippen LogP contribution in [0.1, 0.15) is 19.4 Å². The fraction of sp³-hybridized carbons (Fsp3) is 0.500. The minimum absolute atomic E-state index is 0.0247. The van der Waals surface area contributed by atoms with Crippen LogP contribution in [0.25, 0.3) is 0 Å². The molecule has 0 unspecified atom stereocenters. The lowest BCUT2D eigenvalue weighted by Gasteiger charge is -2.10. The minimum atomic E-state index is -3.05. The van der Waals surface area contributed by atoms with Gasteiger partial charge in [-0.3, -0.25) is 0 Å². The van der Waals surface area contributed by atoms with E-state index in [4.69, 9.17) is 16.3 Å². The molecule has 1 aromatic carbocycles. The van der Waals surface area contributed by atoms with Gasteiger partial charge in [-0.1, -0.05) is 15.9 Å². The van der Waals surface area contributed by atoms with Crippen LogP contribution in [-0.4, -0.2) is 26.0 Å². The monoisotopic (exact) mass is 354 g/mol. The molecule has 0 N–H and O–H groups in total. The topological polar surface area (TPSA) is 43.4 Å². The maximum atomic E-state index is 11.6. The lowest BCUT2D eigenvalue weighted by molar-refractivity contribution is 0.340. The second kappa shape index (κ2) is 6.78. The fourth-order valence-electron chi connectivity index (χ4n) is 1.25. The summed E-state index contributed by atoms with van der Waals surface area (Å²) >= 11 is 9.14. The normalized spacial score (nSPS) is 11.8. The van der Waals surface area contributed by atoms with Gasteiger partial charge in [0.25, 0.3) is 0 Å². The van der Waals surface area contributed by atoms with Crippen molar-refractivity contribution in [3.63, 3.8) is 0 Å². The van der Waals surface area contributed by atoms with Crippen molar-refractivity contribution in [2.45, 2.75) is 25.0 Å². The van der Waals surface area contributed by atoms with Gasteiger partial charge in [0, 0.05) is 10.4 Å². The summed E-state index contributed by atoms with van der Waals surface area (Å²) in [6.45, 7) is 3.49. The molecule has 1 aromatic rings. The van der Waals surface area contributed by atoms with Crippen LogP contribution in [0.4, 0.5) is 0 Å². The van der Waals surface area contributed by atoms with Crippen molar-refractivity contribution in [2.24, 2.45) is 0 Å². The average molecular weight is 356 g/mol. The van der Waals surface area contributed by atoms with E-state index >= 15 is 0 Å². The summed E-state index contributed by atoms with van der Waals surface area (Å²) in [6, 6.07) is 5.42. The second-order valence-corrected chi connectivity index (χ2v) is 7.95. The predicted molar refractivity (Wildman–Crippen MR) is 78.1 cm³/mol. The summed E-state index contributed by atoms with van der Waals surface area (Å²) in [5.74, 6) is 1.03. The molecular formula is C12H16BrClO3S. The molecule has 0 aliphatic rings. The van der Waals surface area contributed by atoms with Crippen LogP contribution < -0.4 is 4.74 Å². The van der Waals surface area contributed by atoms with Crippen molar-refractivity contribution < 1.29 is 13.2 Å². The van der Waals surface area contributed by atoms with Gasteiger partial charge in [0.05, 0.1) is 11.0 Å². The summed E-state index contributed by atoms with van der Waals surface area (Å²) in [5, 5.41) is -0.371. The summed E-state index contributed by atoms with van der Waals surface area (Å²) in [4.78, 5) is 0. The van der Waals surface area contributed by atoms with Gasteiger partial charge in [0.15, 0.2) is 9.84 Å². The molecule has 0 saturated carbocycles. The van der Waals surface area contributed by atoms with Crippen LogP contribution in [0.5, 0.6) is 5.75 Å². The van der Waals surface area contributed by atoms with Crippen LogP contribution >= 0.6 is 27.5 Å². The van der Waals surface area contributed by atoms with Crippen molar-refractivity contribution in [2.75, 3.05) is 12.4 Å². The molecule has 3 nitrogen and oxygen atoms in total. The van der Waals surface area contributed by atoms with Crippen molar-refractivity contribution in [1.29, 1.82) is 0 Å². The lowest BCUT2D eigenvalue weighted by atomic mass is 10.2. The average Bonchev–Trinajstić information content (AvgIpc) is 2.31. The minimum Gasteiger partial charge on any atom is -0.493 e. The van der Waals surface area contributed by atoms with Gasteiger partial charge in [-0.2, -0.15) is 0 Å². The molecule has 0 aromatic heterocycles. The Hall–Kier alpha value is -0.260. The first-order chi connectivity index (χ1) is 8.36. The van der Waals surface area contributed by atoms with Crippen LogP contribution in [0.15, 0.2) is 22.7 Å². The molecule has 0 spiro atoms. The largest absolute Gasteiger partial charge is 0.493 e. The van der Waals surface area contributed by atoms with Gasteiger partial charge < -0.3 is 4.74 Å². The van der Waals surface area contributed by atoms with Crippen molar-refractivity contribution in [3.05, 3.63) is 28.2 Å². The summed E-state index contributed by atoms with van der Waals surface area (Å²) in [5.41, 5.74) is 0.917. The number of sulfone groups is 1. The Morgan fingerprint density at radius 2 is 2.06 bits per heavy atom. The zero-order chi connectivity index (χ0) is 13.8. The zero-order valence-electron chi connectivity index (χ0n) is 10.3.